The number of imidazole rings is 1. The summed E-state index contributed by atoms with van der Waals surface area (Å²) in [6.07, 6.45) is 2.78. The summed E-state index contributed by atoms with van der Waals surface area (Å²) in [4.78, 5) is 15.9. The van der Waals surface area contributed by atoms with Crippen LogP contribution in [-0.4, -0.2) is 25.0 Å². The molecule has 3 aromatic heterocycles. The summed E-state index contributed by atoms with van der Waals surface area (Å²) >= 11 is 0. The van der Waals surface area contributed by atoms with Crippen LogP contribution in [0.2, 0.25) is 0 Å². The van der Waals surface area contributed by atoms with Crippen molar-refractivity contribution in [1.29, 1.82) is 0 Å². The van der Waals surface area contributed by atoms with Crippen LogP contribution in [0, 0.1) is 0 Å². The Morgan fingerprint density at radius 3 is 3.00 bits per heavy atom. The molecular formula is C11H10N4O. The molecule has 2 N–H and O–H groups in total. The number of rotatable bonds is 1. The Hall–Kier alpha value is -2.01. The van der Waals surface area contributed by atoms with Crippen molar-refractivity contribution in [1.82, 2.24) is 19.9 Å². The van der Waals surface area contributed by atoms with Crippen molar-refractivity contribution < 1.29 is 5.11 Å². The fraction of sp³-hybridized carbons (Fsp3) is 0.182. The molecule has 1 atom stereocenters. The number of nitrogens with zero attached hydrogens (tertiary/aromatic N) is 3. The third-order valence-electron chi connectivity index (χ3n) is 2.49. The Kier molecular flexibility index (Phi) is 1.87. The molecule has 0 aliphatic rings. The minimum absolute atomic E-state index is 0.537. The van der Waals surface area contributed by atoms with Crippen molar-refractivity contribution in [2.45, 2.75) is 13.0 Å². The maximum atomic E-state index is 9.46. The molecule has 0 aliphatic heterocycles. The molecule has 0 amide bonds. The molecule has 0 saturated heterocycles. The Morgan fingerprint density at radius 2 is 2.19 bits per heavy atom. The molecule has 0 saturated carbocycles. The summed E-state index contributed by atoms with van der Waals surface area (Å²) in [5.74, 6) is 0.537. The fourth-order valence-electron chi connectivity index (χ4n) is 1.70. The predicted octanol–water partition coefficient (Wildman–Crippen LogP) is 1.56. The summed E-state index contributed by atoms with van der Waals surface area (Å²) in [5, 5.41) is 9.46. The first-order valence-corrected chi connectivity index (χ1v) is 5.03. The lowest BCUT2D eigenvalue weighted by molar-refractivity contribution is 0.190. The average molecular weight is 214 g/mol. The number of aromatic amines is 1. The highest BCUT2D eigenvalue weighted by atomic mass is 16.3. The minimum Gasteiger partial charge on any atom is -0.385 e. The van der Waals surface area contributed by atoms with Crippen LogP contribution in [0.25, 0.3) is 22.1 Å². The Bertz CT molecular complexity index is 659. The summed E-state index contributed by atoms with van der Waals surface area (Å²) in [7, 11) is 0. The summed E-state index contributed by atoms with van der Waals surface area (Å²) in [5.41, 5.74) is 3.14. The molecule has 0 aromatic carbocycles. The molecule has 0 spiro atoms. The lowest BCUT2D eigenvalue weighted by Gasteiger charge is -1.96. The van der Waals surface area contributed by atoms with Gasteiger partial charge in [0.25, 0.3) is 0 Å². The first kappa shape index (κ1) is 9.23. The van der Waals surface area contributed by atoms with Gasteiger partial charge in [-0.1, -0.05) is 0 Å². The molecule has 0 fully saturated rings. The molecule has 5 heteroatoms. The Balaban J connectivity index is 2.41. The van der Waals surface area contributed by atoms with Gasteiger partial charge in [-0.15, -0.1) is 0 Å². The van der Waals surface area contributed by atoms with Crippen LogP contribution in [0.4, 0.5) is 0 Å². The molecular weight excluding hydrogens is 204 g/mol. The quantitative estimate of drug-likeness (QED) is 0.644. The van der Waals surface area contributed by atoms with Crippen LogP contribution >= 0.6 is 0 Å². The number of H-pyrrole nitrogens is 1. The first-order chi connectivity index (χ1) is 7.75. The largest absolute Gasteiger partial charge is 0.385 e. The molecule has 0 radical (unpaired) electrons. The zero-order valence-corrected chi connectivity index (χ0v) is 8.68. The van der Waals surface area contributed by atoms with E-state index in [1.54, 1.807) is 19.3 Å². The van der Waals surface area contributed by atoms with Crippen LogP contribution < -0.4 is 0 Å². The second-order valence-corrected chi connectivity index (χ2v) is 3.69. The lowest BCUT2D eigenvalue weighted by Crippen LogP contribution is -1.92. The lowest BCUT2D eigenvalue weighted by atomic mass is 10.3. The monoisotopic (exact) mass is 214 g/mol. The van der Waals surface area contributed by atoms with E-state index in [-0.39, 0.29) is 0 Å². The van der Waals surface area contributed by atoms with E-state index in [1.807, 2.05) is 12.1 Å². The van der Waals surface area contributed by atoms with Crippen molar-refractivity contribution >= 4 is 22.1 Å². The highest BCUT2D eigenvalue weighted by molar-refractivity contribution is 5.98. The zero-order chi connectivity index (χ0) is 11.1. The van der Waals surface area contributed by atoms with Gasteiger partial charge >= 0.3 is 0 Å². The minimum atomic E-state index is -0.619. The van der Waals surface area contributed by atoms with Gasteiger partial charge in [-0.25, -0.2) is 4.98 Å². The molecule has 0 bridgehead atoms. The summed E-state index contributed by atoms with van der Waals surface area (Å²) < 4.78 is 0. The maximum Gasteiger partial charge on any atom is 0.136 e. The summed E-state index contributed by atoms with van der Waals surface area (Å²) in [6.45, 7) is 1.67. The van der Waals surface area contributed by atoms with Crippen LogP contribution in [0.5, 0.6) is 0 Å². The van der Waals surface area contributed by atoms with Crippen LogP contribution in [0.15, 0.2) is 24.5 Å². The number of aliphatic hydroxyl groups is 1. The van der Waals surface area contributed by atoms with Crippen LogP contribution in [-0.2, 0) is 0 Å². The van der Waals surface area contributed by atoms with Gasteiger partial charge in [0.2, 0.25) is 0 Å². The highest BCUT2D eigenvalue weighted by Gasteiger charge is 2.10. The molecule has 16 heavy (non-hydrogen) atoms. The molecule has 3 heterocycles. The van der Waals surface area contributed by atoms with Crippen molar-refractivity contribution in [2.75, 3.05) is 0 Å². The molecule has 0 unspecified atom stereocenters. The van der Waals surface area contributed by atoms with Gasteiger partial charge in [-0.05, 0) is 19.1 Å². The van der Waals surface area contributed by atoms with Crippen molar-refractivity contribution in [2.24, 2.45) is 0 Å². The van der Waals surface area contributed by atoms with E-state index in [2.05, 4.69) is 19.9 Å². The normalized spacial score (nSPS) is 13.4. The predicted molar refractivity (Wildman–Crippen MR) is 59.8 cm³/mol. The van der Waals surface area contributed by atoms with Gasteiger partial charge < -0.3 is 10.1 Å². The van der Waals surface area contributed by atoms with Gasteiger partial charge in [0, 0.05) is 6.20 Å². The molecule has 3 rings (SSSR count). The smallest absolute Gasteiger partial charge is 0.136 e. The third-order valence-corrected chi connectivity index (χ3v) is 2.49. The van der Waals surface area contributed by atoms with E-state index in [9.17, 15) is 5.11 Å². The highest BCUT2D eigenvalue weighted by Crippen LogP contribution is 2.21. The van der Waals surface area contributed by atoms with E-state index < -0.39 is 6.10 Å². The molecule has 5 nitrogen and oxygen atoms in total. The topological polar surface area (TPSA) is 74.7 Å². The van der Waals surface area contributed by atoms with Gasteiger partial charge in [0.05, 0.1) is 17.2 Å². The molecule has 0 aliphatic carbocycles. The molecule has 80 valence electrons. The van der Waals surface area contributed by atoms with E-state index in [0.29, 0.717) is 5.82 Å². The number of pyridine rings is 2. The number of aliphatic hydroxyl groups excluding tert-OH is 1. The summed E-state index contributed by atoms with van der Waals surface area (Å²) in [6, 6.07) is 3.73. The number of nitrogens with one attached hydrogen (secondary N) is 1. The van der Waals surface area contributed by atoms with Gasteiger partial charge in [-0.2, -0.15) is 0 Å². The second-order valence-electron chi connectivity index (χ2n) is 3.69. The molecule has 3 aromatic rings. The van der Waals surface area contributed by atoms with E-state index >= 15 is 0 Å². The number of hydrogen-bond donors (Lipinski definition) is 2. The van der Waals surface area contributed by atoms with Crippen molar-refractivity contribution in [3.63, 3.8) is 0 Å². The van der Waals surface area contributed by atoms with Gasteiger partial charge in [0.1, 0.15) is 23.0 Å². The van der Waals surface area contributed by atoms with Gasteiger partial charge in [0.15, 0.2) is 0 Å². The first-order valence-electron chi connectivity index (χ1n) is 5.03. The number of aromatic nitrogens is 4. The fourth-order valence-corrected chi connectivity index (χ4v) is 1.70. The van der Waals surface area contributed by atoms with E-state index in [4.69, 9.17) is 0 Å². The van der Waals surface area contributed by atoms with Crippen molar-refractivity contribution in [3.05, 3.63) is 30.4 Å². The number of fused-ring (bicyclic) bond motifs is 3. The van der Waals surface area contributed by atoms with Gasteiger partial charge in [-0.3, -0.25) is 9.97 Å². The maximum absolute atomic E-state index is 9.46. The van der Waals surface area contributed by atoms with Crippen LogP contribution in [0.1, 0.15) is 18.9 Å². The Morgan fingerprint density at radius 1 is 1.31 bits per heavy atom. The second kappa shape index (κ2) is 3.24. The average Bonchev–Trinajstić information content (AvgIpc) is 2.73. The van der Waals surface area contributed by atoms with E-state index in [0.717, 1.165) is 22.1 Å². The standard InChI is InChI=1S/C11H10N4O/c1-6(16)11-14-8-5-13-7-3-2-4-12-9(7)10(8)15-11/h2-6,16H,1H3,(H,14,15)/t6-/m1/s1. The third kappa shape index (κ3) is 1.25. The number of hydrogen-bond acceptors (Lipinski definition) is 4. The SMILES string of the molecule is C[C@@H](O)c1nc2cnc3cccnc3c2[nH]1. The van der Waals surface area contributed by atoms with Crippen LogP contribution in [0.3, 0.4) is 0 Å². The van der Waals surface area contributed by atoms with Crippen molar-refractivity contribution in [3.8, 4) is 0 Å². The zero-order valence-electron chi connectivity index (χ0n) is 8.68. The Labute approximate surface area is 91.2 Å². The van der Waals surface area contributed by atoms with E-state index in [1.165, 1.54) is 0 Å².